The molecular weight excluding hydrogens is 380 g/mol. The number of benzene rings is 2. The van der Waals surface area contributed by atoms with Gasteiger partial charge in [-0.3, -0.25) is 4.79 Å². The van der Waals surface area contributed by atoms with E-state index in [2.05, 4.69) is 48.8 Å². The summed E-state index contributed by atoms with van der Waals surface area (Å²) in [6, 6.07) is 13.7. The lowest BCUT2D eigenvalue weighted by molar-refractivity contribution is -0.134. The third kappa shape index (κ3) is 6.20. The van der Waals surface area contributed by atoms with Gasteiger partial charge in [0.1, 0.15) is 11.5 Å². The summed E-state index contributed by atoms with van der Waals surface area (Å²) in [7, 11) is 0. The molecule has 0 atom stereocenters. The van der Waals surface area contributed by atoms with Gasteiger partial charge in [-0.05, 0) is 70.1 Å². The van der Waals surface area contributed by atoms with Crippen LogP contribution in [-0.4, -0.2) is 12.6 Å². The van der Waals surface area contributed by atoms with Gasteiger partial charge in [-0.15, -0.1) is 0 Å². The maximum atomic E-state index is 11.9. The fourth-order valence-corrected chi connectivity index (χ4v) is 2.88. The fraction of sp³-hybridized carbons (Fsp3) is 0.381. The predicted molar refractivity (Wildman–Crippen MR) is 104 cm³/mol. The molecule has 3 nitrogen and oxygen atoms in total. The van der Waals surface area contributed by atoms with Crippen molar-refractivity contribution in [1.82, 2.24) is 0 Å². The smallest absolute Gasteiger partial charge is 0.311 e. The molecule has 0 saturated carbocycles. The van der Waals surface area contributed by atoms with Gasteiger partial charge in [0, 0.05) is 6.42 Å². The van der Waals surface area contributed by atoms with Crippen LogP contribution < -0.4 is 9.47 Å². The zero-order valence-electron chi connectivity index (χ0n) is 15.0. The van der Waals surface area contributed by atoms with Gasteiger partial charge in [0.2, 0.25) is 0 Å². The highest BCUT2D eigenvalue weighted by Crippen LogP contribution is 2.29. The first-order valence-electron chi connectivity index (χ1n) is 8.71. The summed E-state index contributed by atoms with van der Waals surface area (Å²) in [4.78, 5) is 11.9. The molecule has 0 aliphatic carbocycles. The van der Waals surface area contributed by atoms with Crippen LogP contribution in [-0.2, 0) is 11.2 Å². The fourth-order valence-electron chi connectivity index (χ4n) is 2.37. The number of rotatable bonds is 8. The second-order valence-electron chi connectivity index (χ2n) is 6.27. The number of esters is 1. The molecule has 0 N–H and O–H groups in total. The summed E-state index contributed by atoms with van der Waals surface area (Å²) < 4.78 is 12.0. The number of aryl methyl sites for hydroxylation is 1. The van der Waals surface area contributed by atoms with Gasteiger partial charge in [0.05, 0.1) is 11.1 Å². The molecule has 0 saturated heterocycles. The van der Waals surface area contributed by atoms with Crippen molar-refractivity contribution >= 4 is 21.9 Å². The Morgan fingerprint density at radius 1 is 1.12 bits per heavy atom. The van der Waals surface area contributed by atoms with E-state index in [9.17, 15) is 4.79 Å². The lowest BCUT2D eigenvalue weighted by Gasteiger charge is -2.11. The molecule has 0 bridgehead atoms. The van der Waals surface area contributed by atoms with E-state index in [4.69, 9.17) is 9.47 Å². The van der Waals surface area contributed by atoms with E-state index in [1.807, 2.05) is 30.3 Å². The molecule has 0 spiro atoms. The van der Waals surface area contributed by atoms with E-state index < -0.39 is 0 Å². The van der Waals surface area contributed by atoms with Crippen LogP contribution in [0.5, 0.6) is 11.5 Å². The Labute approximate surface area is 158 Å². The molecule has 2 aromatic carbocycles. The average Bonchev–Trinajstić information content (AvgIpc) is 2.60. The normalized spacial score (nSPS) is 10.8. The Kier molecular flexibility index (Phi) is 7.51. The van der Waals surface area contributed by atoms with E-state index in [-0.39, 0.29) is 5.97 Å². The zero-order valence-corrected chi connectivity index (χ0v) is 16.6. The van der Waals surface area contributed by atoms with E-state index in [0.717, 1.165) is 16.6 Å². The van der Waals surface area contributed by atoms with Gasteiger partial charge in [0.25, 0.3) is 0 Å². The molecule has 0 unspecified atom stereocenters. The van der Waals surface area contributed by atoms with Crippen LogP contribution in [0.3, 0.4) is 0 Å². The topological polar surface area (TPSA) is 35.5 Å². The lowest BCUT2D eigenvalue weighted by Crippen LogP contribution is -2.10. The summed E-state index contributed by atoms with van der Waals surface area (Å²) >= 11 is 3.54. The van der Waals surface area contributed by atoms with Crippen molar-refractivity contribution in [2.45, 2.75) is 46.0 Å². The minimum Gasteiger partial charge on any atom is -0.492 e. The van der Waals surface area contributed by atoms with Gasteiger partial charge >= 0.3 is 5.97 Å². The highest BCUT2D eigenvalue weighted by atomic mass is 79.9. The summed E-state index contributed by atoms with van der Waals surface area (Å²) in [5, 5.41) is 0. The molecule has 0 aromatic heterocycles. The van der Waals surface area contributed by atoms with E-state index in [0.29, 0.717) is 31.1 Å². The van der Waals surface area contributed by atoms with Gasteiger partial charge < -0.3 is 9.47 Å². The first kappa shape index (κ1) is 19.5. The molecule has 25 heavy (non-hydrogen) atoms. The van der Waals surface area contributed by atoms with Crippen molar-refractivity contribution < 1.29 is 14.3 Å². The molecule has 0 aliphatic heterocycles. The number of carbonyl (C=O) groups excluding carboxylic acids is 1. The average molecular weight is 405 g/mol. The van der Waals surface area contributed by atoms with Gasteiger partial charge in [0.15, 0.2) is 0 Å². The molecule has 0 heterocycles. The van der Waals surface area contributed by atoms with Crippen molar-refractivity contribution in [3.05, 3.63) is 58.1 Å². The van der Waals surface area contributed by atoms with Gasteiger partial charge in [-0.1, -0.05) is 39.0 Å². The molecule has 0 aliphatic rings. The first-order chi connectivity index (χ1) is 12.0. The van der Waals surface area contributed by atoms with Crippen molar-refractivity contribution in [3.8, 4) is 11.5 Å². The van der Waals surface area contributed by atoms with Gasteiger partial charge in [-0.25, -0.2) is 0 Å². The highest BCUT2D eigenvalue weighted by Gasteiger charge is 2.08. The largest absolute Gasteiger partial charge is 0.492 e. The van der Waals surface area contributed by atoms with Crippen molar-refractivity contribution in [1.29, 1.82) is 0 Å². The Bertz CT molecular complexity index is 693. The third-order valence-electron chi connectivity index (χ3n) is 3.97. The molecule has 2 rings (SSSR count). The minimum atomic E-state index is -0.234. The predicted octanol–water partition coefficient (Wildman–Crippen LogP) is 5.90. The molecule has 0 radical (unpaired) electrons. The van der Waals surface area contributed by atoms with E-state index >= 15 is 0 Å². The molecule has 2 aromatic rings. The lowest BCUT2D eigenvalue weighted by atomic mass is 10.0. The Hall–Kier alpha value is -1.81. The monoisotopic (exact) mass is 404 g/mol. The molecule has 134 valence electrons. The zero-order chi connectivity index (χ0) is 18.2. The van der Waals surface area contributed by atoms with Crippen LogP contribution in [0.4, 0.5) is 0 Å². The molecule has 0 fully saturated rings. The van der Waals surface area contributed by atoms with Crippen LogP contribution in [0.25, 0.3) is 0 Å². The van der Waals surface area contributed by atoms with Crippen LogP contribution in [0.15, 0.2) is 46.9 Å². The number of ether oxygens (including phenoxy) is 2. The SMILES string of the molecule is CCc1ccc(OC(=O)CCCOc2ccc(C(C)C)cc2Br)cc1. The van der Waals surface area contributed by atoms with Crippen LogP contribution in [0.1, 0.15) is 50.7 Å². The maximum absolute atomic E-state index is 11.9. The minimum absolute atomic E-state index is 0.234. The number of hydrogen-bond donors (Lipinski definition) is 0. The molecular formula is C21H25BrO3. The quantitative estimate of drug-likeness (QED) is 0.312. The summed E-state index contributed by atoms with van der Waals surface area (Å²) in [6.45, 7) is 6.88. The maximum Gasteiger partial charge on any atom is 0.311 e. The Morgan fingerprint density at radius 3 is 2.44 bits per heavy atom. The number of hydrogen-bond acceptors (Lipinski definition) is 3. The summed E-state index contributed by atoms with van der Waals surface area (Å²) in [6.07, 6.45) is 1.92. The van der Waals surface area contributed by atoms with Crippen LogP contribution in [0, 0.1) is 0 Å². The van der Waals surface area contributed by atoms with Crippen LogP contribution in [0.2, 0.25) is 0 Å². The Morgan fingerprint density at radius 2 is 1.84 bits per heavy atom. The first-order valence-corrected chi connectivity index (χ1v) is 9.50. The molecule has 4 heteroatoms. The standard InChI is InChI=1S/C21H25BrO3/c1-4-16-7-10-18(11-8-16)25-21(23)6-5-13-24-20-12-9-17(15(2)3)14-19(20)22/h7-12,14-15H,4-6,13H2,1-3H3. The van der Waals surface area contributed by atoms with Crippen molar-refractivity contribution in [2.24, 2.45) is 0 Å². The highest BCUT2D eigenvalue weighted by molar-refractivity contribution is 9.10. The molecule has 0 amide bonds. The van der Waals surface area contributed by atoms with Crippen molar-refractivity contribution in [3.63, 3.8) is 0 Å². The second-order valence-corrected chi connectivity index (χ2v) is 7.12. The van der Waals surface area contributed by atoms with Crippen LogP contribution >= 0.6 is 15.9 Å². The number of halogens is 1. The summed E-state index contributed by atoms with van der Waals surface area (Å²) in [5.41, 5.74) is 2.49. The summed E-state index contributed by atoms with van der Waals surface area (Å²) in [5.74, 6) is 1.64. The van der Waals surface area contributed by atoms with E-state index in [1.54, 1.807) is 0 Å². The van der Waals surface area contributed by atoms with Crippen molar-refractivity contribution in [2.75, 3.05) is 6.61 Å². The van der Waals surface area contributed by atoms with Gasteiger partial charge in [-0.2, -0.15) is 0 Å². The number of carbonyl (C=O) groups is 1. The second kappa shape index (κ2) is 9.62. The Balaban J connectivity index is 1.74. The van der Waals surface area contributed by atoms with E-state index in [1.165, 1.54) is 11.1 Å². The third-order valence-corrected chi connectivity index (χ3v) is 4.59.